The third-order valence-electron chi connectivity index (χ3n) is 5.00. The number of nitrogens with zero attached hydrogens (tertiary/aromatic N) is 3. The first kappa shape index (κ1) is 17.7. The number of halogens is 1. The Morgan fingerprint density at radius 3 is 3.11 bits per heavy atom. The average Bonchev–Trinajstić information content (AvgIpc) is 3.16. The molecule has 1 aromatic heterocycles. The zero-order valence-electron chi connectivity index (χ0n) is 14.9. The number of aromatic nitrogens is 2. The molecule has 3 heterocycles. The van der Waals surface area contributed by atoms with Crippen molar-refractivity contribution in [1.82, 2.24) is 20.4 Å². The maximum absolute atomic E-state index is 13.4. The molecule has 0 spiro atoms. The molecule has 1 saturated heterocycles. The van der Waals surface area contributed by atoms with Crippen molar-refractivity contribution in [3.8, 4) is 0 Å². The number of hydrogen-bond acceptors (Lipinski definition) is 4. The first-order valence-electron chi connectivity index (χ1n) is 9.20. The molecule has 2 aliphatic heterocycles. The number of aryl methyl sites for hydroxylation is 1. The summed E-state index contributed by atoms with van der Waals surface area (Å²) in [7, 11) is 0. The maximum Gasteiger partial charge on any atom is 0.227 e. The van der Waals surface area contributed by atoms with E-state index in [0.717, 1.165) is 37.4 Å². The normalized spacial score (nSPS) is 19.7. The number of fused-ring (bicyclic) bond motifs is 1. The van der Waals surface area contributed by atoms with Crippen LogP contribution in [0.15, 0.2) is 30.3 Å². The van der Waals surface area contributed by atoms with Crippen LogP contribution >= 0.6 is 0 Å². The summed E-state index contributed by atoms with van der Waals surface area (Å²) in [6.07, 6.45) is 1.16. The molecule has 2 amide bonds. The predicted molar refractivity (Wildman–Crippen MR) is 97.3 cm³/mol. The molecular weight excluding hydrogens is 349 g/mol. The Balaban J connectivity index is 1.36. The van der Waals surface area contributed by atoms with E-state index in [-0.39, 0.29) is 24.8 Å². The largest absolute Gasteiger partial charge is 0.350 e. The van der Waals surface area contributed by atoms with Crippen LogP contribution in [0.25, 0.3) is 0 Å². The van der Waals surface area contributed by atoms with Gasteiger partial charge in [0.1, 0.15) is 5.82 Å². The van der Waals surface area contributed by atoms with E-state index in [1.165, 1.54) is 17.0 Å². The van der Waals surface area contributed by atoms with Crippen molar-refractivity contribution in [2.45, 2.75) is 32.5 Å². The minimum absolute atomic E-state index is 0.131. The van der Waals surface area contributed by atoms with E-state index < -0.39 is 11.7 Å². The van der Waals surface area contributed by atoms with Gasteiger partial charge in [-0.2, -0.15) is 5.10 Å². The Kier molecular flexibility index (Phi) is 4.89. The van der Waals surface area contributed by atoms with E-state index in [2.05, 4.69) is 15.7 Å². The highest BCUT2D eigenvalue weighted by molar-refractivity contribution is 6.00. The molecule has 4 rings (SSSR count). The molecule has 1 fully saturated rings. The first-order valence-corrected chi connectivity index (χ1v) is 9.20. The molecule has 0 bridgehead atoms. The second-order valence-electron chi connectivity index (χ2n) is 6.98. The number of carbonyl (C=O) groups is 2. The minimum Gasteiger partial charge on any atom is -0.350 e. The van der Waals surface area contributed by atoms with Gasteiger partial charge in [0.2, 0.25) is 11.8 Å². The van der Waals surface area contributed by atoms with Crippen LogP contribution in [0.2, 0.25) is 0 Å². The number of benzene rings is 1. The molecule has 7 nitrogen and oxygen atoms in total. The highest BCUT2D eigenvalue weighted by Crippen LogP contribution is 2.25. The molecule has 0 radical (unpaired) electrons. The lowest BCUT2D eigenvalue weighted by molar-refractivity contribution is -0.126. The zero-order chi connectivity index (χ0) is 18.8. The lowest BCUT2D eigenvalue weighted by atomic mass is 10.1. The molecule has 0 saturated carbocycles. The van der Waals surface area contributed by atoms with Crippen LogP contribution < -0.4 is 15.5 Å². The number of rotatable bonds is 4. The van der Waals surface area contributed by atoms with E-state index in [0.29, 0.717) is 12.2 Å². The van der Waals surface area contributed by atoms with E-state index in [1.807, 2.05) is 10.7 Å². The number of hydrogen-bond donors (Lipinski definition) is 2. The Labute approximate surface area is 156 Å². The van der Waals surface area contributed by atoms with Gasteiger partial charge in [-0.25, -0.2) is 4.39 Å². The predicted octanol–water partition coefficient (Wildman–Crippen LogP) is 1.18. The molecule has 2 N–H and O–H groups in total. The number of anilines is 1. The highest BCUT2D eigenvalue weighted by Gasteiger charge is 2.35. The fraction of sp³-hybridized carbons (Fsp3) is 0.421. The summed E-state index contributed by atoms with van der Waals surface area (Å²) in [4.78, 5) is 26.2. The van der Waals surface area contributed by atoms with Crippen LogP contribution in [0.5, 0.6) is 0 Å². The summed E-state index contributed by atoms with van der Waals surface area (Å²) in [5.74, 6) is -1.19. The summed E-state index contributed by atoms with van der Waals surface area (Å²) >= 11 is 0. The van der Waals surface area contributed by atoms with Crippen LogP contribution in [0.1, 0.15) is 24.2 Å². The van der Waals surface area contributed by atoms with Crippen LogP contribution in [0.4, 0.5) is 10.1 Å². The minimum atomic E-state index is -0.442. The molecule has 0 unspecified atom stereocenters. The summed E-state index contributed by atoms with van der Waals surface area (Å²) in [6.45, 7) is 3.23. The van der Waals surface area contributed by atoms with Crippen LogP contribution in [-0.4, -0.2) is 34.7 Å². The summed E-state index contributed by atoms with van der Waals surface area (Å²) < 4.78 is 15.4. The lowest BCUT2D eigenvalue weighted by Gasteiger charge is -2.16. The topological polar surface area (TPSA) is 79.3 Å². The van der Waals surface area contributed by atoms with E-state index in [9.17, 15) is 14.0 Å². The smallest absolute Gasteiger partial charge is 0.227 e. The van der Waals surface area contributed by atoms with Crippen LogP contribution in [0, 0.1) is 11.7 Å². The quantitative estimate of drug-likeness (QED) is 0.846. The van der Waals surface area contributed by atoms with Crippen molar-refractivity contribution in [3.63, 3.8) is 0 Å². The van der Waals surface area contributed by atoms with E-state index in [4.69, 9.17) is 0 Å². The van der Waals surface area contributed by atoms with Gasteiger partial charge >= 0.3 is 0 Å². The van der Waals surface area contributed by atoms with Gasteiger partial charge in [0.05, 0.1) is 23.9 Å². The Hall–Kier alpha value is -2.74. The molecule has 1 aromatic carbocycles. The van der Waals surface area contributed by atoms with Gasteiger partial charge in [-0.15, -0.1) is 0 Å². The van der Waals surface area contributed by atoms with Gasteiger partial charge in [0.25, 0.3) is 0 Å². The molecular formula is C19H22FN5O2. The maximum atomic E-state index is 13.4. The average molecular weight is 371 g/mol. The van der Waals surface area contributed by atoms with Gasteiger partial charge in [-0.1, -0.05) is 6.07 Å². The van der Waals surface area contributed by atoms with E-state index in [1.54, 1.807) is 12.1 Å². The molecule has 8 heteroatoms. The number of amides is 2. The molecule has 2 aromatic rings. The highest BCUT2D eigenvalue weighted by atomic mass is 19.1. The molecule has 2 aliphatic rings. The van der Waals surface area contributed by atoms with Crippen LogP contribution in [0.3, 0.4) is 0 Å². The van der Waals surface area contributed by atoms with Crippen molar-refractivity contribution in [2.75, 3.05) is 18.0 Å². The Morgan fingerprint density at radius 1 is 1.37 bits per heavy atom. The molecule has 1 atom stereocenters. The van der Waals surface area contributed by atoms with E-state index >= 15 is 0 Å². The molecule has 142 valence electrons. The third kappa shape index (κ3) is 3.85. The molecule has 0 aliphatic carbocycles. The SMILES string of the molecule is O=C(NCc1cc2n(n1)CCCNC2)[C@@H]1CC(=O)N(c2cccc(F)c2)C1. The Bertz CT molecular complexity index is 842. The third-order valence-corrected chi connectivity index (χ3v) is 5.00. The van der Waals surface area contributed by atoms with Gasteiger partial charge in [-0.05, 0) is 37.2 Å². The first-order chi connectivity index (χ1) is 13.1. The standard InChI is InChI=1S/C19H22FN5O2/c20-14-3-1-4-16(8-14)24-12-13(7-18(24)26)19(27)22-10-15-9-17-11-21-5-2-6-25(17)23-15/h1,3-4,8-9,13,21H,2,5-7,10-12H2,(H,22,27)/t13-/m1/s1. The fourth-order valence-corrected chi connectivity index (χ4v) is 3.61. The van der Waals surface area contributed by atoms with Crippen molar-refractivity contribution in [2.24, 2.45) is 5.92 Å². The van der Waals surface area contributed by atoms with Crippen molar-refractivity contribution in [3.05, 3.63) is 47.5 Å². The lowest BCUT2D eigenvalue weighted by Crippen LogP contribution is -2.32. The summed E-state index contributed by atoms with van der Waals surface area (Å²) in [5, 5.41) is 10.8. The monoisotopic (exact) mass is 371 g/mol. The van der Waals surface area contributed by atoms with Gasteiger partial charge in [-0.3, -0.25) is 14.3 Å². The van der Waals surface area contributed by atoms with Gasteiger partial charge < -0.3 is 15.5 Å². The van der Waals surface area contributed by atoms with Gasteiger partial charge in [0, 0.05) is 31.7 Å². The second-order valence-corrected chi connectivity index (χ2v) is 6.98. The van der Waals surface area contributed by atoms with Crippen molar-refractivity contribution < 1.29 is 14.0 Å². The molecule has 27 heavy (non-hydrogen) atoms. The second kappa shape index (κ2) is 7.48. The zero-order valence-corrected chi connectivity index (χ0v) is 14.9. The fourth-order valence-electron chi connectivity index (χ4n) is 3.61. The summed E-state index contributed by atoms with van der Waals surface area (Å²) in [6, 6.07) is 7.87. The van der Waals surface area contributed by atoms with Crippen molar-refractivity contribution >= 4 is 17.5 Å². The number of carbonyl (C=O) groups excluding carboxylic acids is 2. The van der Waals surface area contributed by atoms with Gasteiger partial charge in [0.15, 0.2) is 0 Å². The number of nitrogens with one attached hydrogen (secondary N) is 2. The van der Waals surface area contributed by atoms with Crippen LogP contribution in [-0.2, 0) is 29.2 Å². The Morgan fingerprint density at radius 2 is 2.26 bits per heavy atom. The van der Waals surface area contributed by atoms with Crippen molar-refractivity contribution in [1.29, 1.82) is 0 Å². The summed E-state index contributed by atoms with van der Waals surface area (Å²) in [5.41, 5.74) is 2.42.